The van der Waals surface area contributed by atoms with Gasteiger partial charge in [0, 0.05) is 21.3 Å². The van der Waals surface area contributed by atoms with Gasteiger partial charge in [-0.15, -0.1) is 0 Å². The summed E-state index contributed by atoms with van der Waals surface area (Å²) in [7, 11) is 2.56. The number of hydrogen-bond acceptors (Lipinski definition) is 4. The fourth-order valence-corrected chi connectivity index (χ4v) is 5.28. The van der Waals surface area contributed by atoms with E-state index in [1.54, 1.807) is 33.1 Å². The van der Waals surface area contributed by atoms with Gasteiger partial charge in [-0.3, -0.25) is 0 Å². The van der Waals surface area contributed by atoms with Crippen molar-refractivity contribution in [1.29, 1.82) is 0 Å². The summed E-state index contributed by atoms with van der Waals surface area (Å²) in [5.74, 6) is 1.05. The summed E-state index contributed by atoms with van der Waals surface area (Å²) in [5.41, 5.74) is 0. The van der Waals surface area contributed by atoms with Crippen LogP contribution in [0.5, 0.6) is 0 Å². The van der Waals surface area contributed by atoms with Crippen molar-refractivity contribution in [1.82, 2.24) is 0 Å². The molecule has 0 aliphatic rings. The lowest BCUT2D eigenvalue weighted by Crippen LogP contribution is -2.51. The van der Waals surface area contributed by atoms with Crippen molar-refractivity contribution in [3.8, 4) is 0 Å². The maximum atomic E-state index is 5.32. The van der Waals surface area contributed by atoms with Crippen LogP contribution in [0.3, 0.4) is 0 Å². The second-order valence-electron chi connectivity index (χ2n) is 2.31. The predicted molar refractivity (Wildman–Crippen MR) is 54.4 cm³/mol. The third kappa shape index (κ3) is 2.74. The zero-order valence-corrected chi connectivity index (χ0v) is 10.2. The summed E-state index contributed by atoms with van der Waals surface area (Å²) in [4.78, 5) is 0.294. The number of rotatable bonds is 6. The van der Waals surface area contributed by atoms with Gasteiger partial charge in [0.25, 0.3) is 0 Å². The Morgan fingerprint density at radius 3 is 1.83 bits per heavy atom. The Hall–Kier alpha value is 0.447. The number of thioether (sulfide) groups is 1. The summed E-state index contributed by atoms with van der Waals surface area (Å²) >= 11 is 1.80. The van der Waals surface area contributed by atoms with Crippen LogP contribution < -0.4 is 0 Å². The molecule has 0 aliphatic heterocycles. The molecular weight excluding hydrogens is 192 g/mol. The maximum absolute atomic E-state index is 5.32. The zero-order chi connectivity index (χ0) is 9.61. The van der Waals surface area contributed by atoms with E-state index in [0.29, 0.717) is 4.87 Å². The Kier molecular flexibility index (Phi) is 6.21. The van der Waals surface area contributed by atoms with E-state index in [9.17, 15) is 0 Å². The molecule has 12 heavy (non-hydrogen) atoms. The summed E-state index contributed by atoms with van der Waals surface area (Å²) in [6, 6.07) is 0. The Balaban J connectivity index is 4.24. The average Bonchev–Trinajstić information content (AvgIpc) is 2.09. The van der Waals surface area contributed by atoms with Crippen molar-refractivity contribution >= 4 is 20.6 Å². The van der Waals surface area contributed by atoms with Crippen LogP contribution in [0.15, 0.2) is 0 Å². The highest BCUT2D eigenvalue weighted by atomic mass is 32.2. The molecule has 0 rings (SSSR count). The second kappa shape index (κ2) is 5.99. The molecule has 0 aromatic carbocycles. The molecule has 1 unspecified atom stereocenters. The van der Waals surface area contributed by atoms with E-state index in [1.165, 1.54) is 0 Å². The highest BCUT2D eigenvalue weighted by Crippen LogP contribution is 2.23. The van der Waals surface area contributed by atoms with Gasteiger partial charge in [-0.2, -0.15) is 11.8 Å². The van der Waals surface area contributed by atoms with Gasteiger partial charge in [0.05, 0.1) is 4.87 Å². The summed E-state index contributed by atoms with van der Waals surface area (Å²) in [6.45, 7) is 4.19. The van der Waals surface area contributed by atoms with Gasteiger partial charge in [0.15, 0.2) is 0 Å². The first-order valence-electron chi connectivity index (χ1n) is 3.93. The van der Waals surface area contributed by atoms with Gasteiger partial charge < -0.3 is 13.3 Å². The van der Waals surface area contributed by atoms with E-state index in [2.05, 4.69) is 13.8 Å². The molecule has 3 nitrogen and oxygen atoms in total. The Morgan fingerprint density at radius 1 is 1.17 bits per heavy atom. The van der Waals surface area contributed by atoms with Crippen LogP contribution in [0.2, 0.25) is 0 Å². The van der Waals surface area contributed by atoms with Crippen LogP contribution in [-0.4, -0.2) is 40.8 Å². The third-order valence-electron chi connectivity index (χ3n) is 1.77. The molecule has 0 N–H and O–H groups in total. The molecule has 5 heteroatoms. The molecule has 0 aliphatic carbocycles. The summed E-state index contributed by atoms with van der Waals surface area (Å²) < 4.78 is 16.0. The SMILES string of the molecule is CCSC(C)[Si](OC)(OC)OC. The maximum Gasteiger partial charge on any atom is 0.513 e. The van der Waals surface area contributed by atoms with Crippen LogP contribution in [0.25, 0.3) is 0 Å². The van der Waals surface area contributed by atoms with Gasteiger partial charge in [-0.25, -0.2) is 0 Å². The number of hydrogen-bond donors (Lipinski definition) is 0. The first-order chi connectivity index (χ1) is 5.66. The molecule has 0 fully saturated rings. The van der Waals surface area contributed by atoms with Gasteiger partial charge >= 0.3 is 8.80 Å². The fourth-order valence-electron chi connectivity index (χ4n) is 1.10. The van der Waals surface area contributed by atoms with Crippen molar-refractivity contribution < 1.29 is 13.3 Å². The normalized spacial score (nSPS) is 14.8. The molecule has 0 saturated heterocycles. The van der Waals surface area contributed by atoms with Crippen LogP contribution in [-0.2, 0) is 13.3 Å². The standard InChI is InChI=1S/C7H18O3SSi/c1-6-11-7(2)12(8-3,9-4)10-5/h7H,6H2,1-5H3. The molecule has 0 spiro atoms. The molecular formula is C7H18O3SSi. The van der Waals surface area contributed by atoms with E-state index >= 15 is 0 Å². The van der Waals surface area contributed by atoms with Crippen LogP contribution in [0.4, 0.5) is 0 Å². The van der Waals surface area contributed by atoms with Crippen LogP contribution in [0.1, 0.15) is 13.8 Å². The lowest BCUT2D eigenvalue weighted by molar-refractivity contribution is 0.123. The second-order valence-corrected chi connectivity index (χ2v) is 7.65. The smallest absolute Gasteiger partial charge is 0.376 e. The molecule has 0 amide bonds. The molecule has 0 heterocycles. The largest absolute Gasteiger partial charge is 0.513 e. The quantitative estimate of drug-likeness (QED) is 0.622. The first kappa shape index (κ1) is 12.4. The van der Waals surface area contributed by atoms with Crippen molar-refractivity contribution in [3.05, 3.63) is 0 Å². The molecule has 0 saturated carbocycles. The summed E-state index contributed by atoms with van der Waals surface area (Å²) in [6.07, 6.45) is 0. The predicted octanol–water partition coefficient (Wildman–Crippen LogP) is 1.55. The molecule has 1 atom stereocenters. The lowest BCUT2D eigenvalue weighted by atomic mass is 10.9. The molecule has 74 valence electrons. The Bertz CT molecular complexity index is 111. The molecule has 0 radical (unpaired) electrons. The third-order valence-corrected chi connectivity index (χ3v) is 6.67. The topological polar surface area (TPSA) is 27.7 Å². The minimum Gasteiger partial charge on any atom is -0.376 e. The molecule has 0 aromatic rings. The highest BCUT2D eigenvalue weighted by molar-refractivity contribution is 8.01. The van der Waals surface area contributed by atoms with Crippen molar-refractivity contribution in [2.75, 3.05) is 27.1 Å². The zero-order valence-electron chi connectivity index (χ0n) is 8.42. The van der Waals surface area contributed by atoms with E-state index in [0.717, 1.165) is 5.75 Å². The fraction of sp³-hybridized carbons (Fsp3) is 1.00. The van der Waals surface area contributed by atoms with Gasteiger partial charge in [-0.1, -0.05) is 6.92 Å². The van der Waals surface area contributed by atoms with E-state index in [1.807, 2.05) is 0 Å². The Morgan fingerprint density at radius 2 is 1.58 bits per heavy atom. The van der Waals surface area contributed by atoms with E-state index in [-0.39, 0.29) is 0 Å². The minimum atomic E-state index is -2.38. The van der Waals surface area contributed by atoms with Gasteiger partial charge in [-0.05, 0) is 12.7 Å². The average molecular weight is 210 g/mol. The minimum absolute atomic E-state index is 0.294. The van der Waals surface area contributed by atoms with E-state index in [4.69, 9.17) is 13.3 Å². The Labute approximate surface area is 80.1 Å². The molecule has 0 bridgehead atoms. The summed E-state index contributed by atoms with van der Waals surface area (Å²) in [5, 5.41) is 0. The molecule has 0 aromatic heterocycles. The lowest BCUT2D eigenvalue weighted by Gasteiger charge is -2.29. The van der Waals surface area contributed by atoms with Crippen molar-refractivity contribution in [2.45, 2.75) is 18.7 Å². The van der Waals surface area contributed by atoms with Gasteiger partial charge in [0.1, 0.15) is 0 Å². The van der Waals surface area contributed by atoms with Crippen molar-refractivity contribution in [2.24, 2.45) is 0 Å². The van der Waals surface area contributed by atoms with E-state index < -0.39 is 8.80 Å². The first-order valence-corrected chi connectivity index (χ1v) is 6.79. The van der Waals surface area contributed by atoms with Gasteiger partial charge in [0.2, 0.25) is 0 Å². The van der Waals surface area contributed by atoms with Crippen molar-refractivity contribution in [3.63, 3.8) is 0 Å². The highest BCUT2D eigenvalue weighted by Gasteiger charge is 2.44. The van der Waals surface area contributed by atoms with Crippen LogP contribution >= 0.6 is 11.8 Å². The monoisotopic (exact) mass is 210 g/mol. The van der Waals surface area contributed by atoms with Crippen LogP contribution in [0, 0.1) is 0 Å².